The van der Waals surface area contributed by atoms with Gasteiger partial charge in [0, 0.05) is 45.7 Å². The highest BCUT2D eigenvalue weighted by Gasteiger charge is 2.14. The zero-order valence-corrected chi connectivity index (χ0v) is 22.1. The molecule has 6 nitrogen and oxygen atoms in total. The normalized spacial score (nSPS) is 13.6. The molecule has 2 aromatic rings. The van der Waals surface area contributed by atoms with Gasteiger partial charge >= 0.3 is 0 Å². The summed E-state index contributed by atoms with van der Waals surface area (Å²) in [4.78, 5) is 13.6. The molecule has 30 heavy (non-hydrogen) atoms. The fourth-order valence-corrected chi connectivity index (χ4v) is 3.87. The number of guanidine groups is 1. The first-order valence-corrected chi connectivity index (χ1v) is 11.0. The van der Waals surface area contributed by atoms with Gasteiger partial charge in [-0.05, 0) is 32.9 Å². The Labute approximate surface area is 202 Å². The lowest BCUT2D eigenvalue weighted by atomic mass is 10.1. The van der Waals surface area contributed by atoms with Gasteiger partial charge in [0.25, 0.3) is 0 Å². The number of aromatic nitrogens is 1. The van der Waals surface area contributed by atoms with E-state index in [1.54, 1.807) is 18.4 Å². The molecule has 0 amide bonds. The van der Waals surface area contributed by atoms with Crippen molar-refractivity contribution < 1.29 is 4.74 Å². The second kappa shape index (κ2) is 14.0. The monoisotopic (exact) mass is 545 g/mol. The van der Waals surface area contributed by atoms with Gasteiger partial charge in [0.1, 0.15) is 11.1 Å². The molecule has 1 aromatic carbocycles. The topological polar surface area (TPSA) is 53.0 Å². The standard InChI is InChI=1S/C22H35N5OS.HI/c1-17(26(4)14-19-10-8-7-9-11-19)12-13-24-22(23-3)27(5)15-20-16-29-21(25-20)18(2)28-6;/h7-11,16-18H,12-15H2,1-6H3,(H,23,24);1H. The second-order valence-corrected chi connectivity index (χ2v) is 8.31. The number of ether oxygens (including phenoxy) is 1. The molecule has 0 aliphatic carbocycles. The van der Waals surface area contributed by atoms with E-state index >= 15 is 0 Å². The summed E-state index contributed by atoms with van der Waals surface area (Å²) in [5, 5.41) is 6.58. The fourth-order valence-electron chi connectivity index (χ4n) is 3.03. The Morgan fingerprint density at radius 3 is 2.53 bits per heavy atom. The van der Waals surface area contributed by atoms with Gasteiger partial charge in [-0.1, -0.05) is 30.3 Å². The summed E-state index contributed by atoms with van der Waals surface area (Å²) in [6.45, 7) is 6.84. The third kappa shape index (κ3) is 8.49. The molecule has 2 unspecified atom stereocenters. The van der Waals surface area contributed by atoms with E-state index in [1.807, 2.05) is 21.0 Å². The van der Waals surface area contributed by atoms with Crippen LogP contribution in [0.25, 0.3) is 0 Å². The zero-order chi connectivity index (χ0) is 21.2. The van der Waals surface area contributed by atoms with Gasteiger partial charge in [0.2, 0.25) is 0 Å². The van der Waals surface area contributed by atoms with Crippen molar-refractivity contribution in [2.24, 2.45) is 4.99 Å². The van der Waals surface area contributed by atoms with Crippen LogP contribution in [0.2, 0.25) is 0 Å². The number of hydrogen-bond donors (Lipinski definition) is 1. The van der Waals surface area contributed by atoms with E-state index in [9.17, 15) is 0 Å². The lowest BCUT2D eigenvalue weighted by Crippen LogP contribution is -2.40. The van der Waals surface area contributed by atoms with Gasteiger partial charge < -0.3 is 15.0 Å². The number of methoxy groups -OCH3 is 1. The Balaban J connectivity index is 0.00000450. The van der Waals surface area contributed by atoms with Crippen molar-refractivity contribution in [3.05, 3.63) is 52.0 Å². The highest BCUT2D eigenvalue weighted by molar-refractivity contribution is 14.0. The highest BCUT2D eigenvalue weighted by atomic mass is 127. The summed E-state index contributed by atoms with van der Waals surface area (Å²) in [5.41, 5.74) is 2.38. The Kier molecular flexibility index (Phi) is 12.5. The molecule has 0 spiro atoms. The van der Waals surface area contributed by atoms with Gasteiger partial charge in [-0.25, -0.2) is 4.98 Å². The lowest BCUT2D eigenvalue weighted by Gasteiger charge is -2.26. The number of nitrogens with zero attached hydrogens (tertiary/aromatic N) is 4. The molecule has 1 heterocycles. The van der Waals surface area contributed by atoms with Crippen LogP contribution in [0.4, 0.5) is 0 Å². The van der Waals surface area contributed by atoms with Gasteiger partial charge in [0.05, 0.1) is 12.2 Å². The molecule has 8 heteroatoms. The second-order valence-electron chi connectivity index (χ2n) is 7.42. The Morgan fingerprint density at radius 1 is 1.20 bits per heavy atom. The van der Waals surface area contributed by atoms with Gasteiger partial charge in [-0.3, -0.25) is 9.89 Å². The van der Waals surface area contributed by atoms with Crippen molar-refractivity contribution >= 4 is 41.3 Å². The molecule has 0 aliphatic rings. The third-order valence-corrected chi connectivity index (χ3v) is 6.17. The molecule has 2 atom stereocenters. The Hall–Kier alpha value is -1.23. The molecule has 1 aromatic heterocycles. The smallest absolute Gasteiger partial charge is 0.193 e. The molecular weight excluding hydrogens is 509 g/mol. The van der Waals surface area contributed by atoms with Gasteiger partial charge in [0.15, 0.2) is 5.96 Å². The minimum atomic E-state index is 0. The van der Waals surface area contributed by atoms with Crippen molar-refractivity contribution in [2.45, 2.75) is 45.5 Å². The van der Waals surface area contributed by atoms with E-state index < -0.39 is 0 Å². The number of aliphatic imine (C=N–C) groups is 1. The molecule has 2 rings (SSSR count). The van der Waals surface area contributed by atoms with E-state index in [4.69, 9.17) is 4.74 Å². The molecule has 0 fully saturated rings. The summed E-state index contributed by atoms with van der Waals surface area (Å²) in [6, 6.07) is 11.1. The molecule has 1 N–H and O–H groups in total. The number of halogens is 1. The number of thiazole rings is 1. The molecule has 0 radical (unpaired) electrons. The van der Waals surface area contributed by atoms with Crippen LogP contribution in [0, 0.1) is 0 Å². The number of rotatable bonds is 10. The molecule has 0 bridgehead atoms. The quantitative estimate of drug-likeness (QED) is 0.273. The zero-order valence-electron chi connectivity index (χ0n) is 19.0. The predicted octanol–water partition coefficient (Wildman–Crippen LogP) is 4.39. The molecular formula is C22H36IN5OS. The van der Waals surface area contributed by atoms with E-state index in [1.165, 1.54) is 5.56 Å². The van der Waals surface area contributed by atoms with Crippen LogP contribution >= 0.6 is 35.3 Å². The summed E-state index contributed by atoms with van der Waals surface area (Å²) in [7, 11) is 7.75. The van der Waals surface area contributed by atoms with Crippen molar-refractivity contribution in [2.75, 3.05) is 34.8 Å². The predicted molar refractivity (Wildman–Crippen MR) is 138 cm³/mol. The minimum absolute atomic E-state index is 0. The number of benzene rings is 1. The minimum Gasteiger partial charge on any atom is -0.375 e. The highest BCUT2D eigenvalue weighted by Crippen LogP contribution is 2.20. The van der Waals surface area contributed by atoms with Gasteiger partial charge in [-0.2, -0.15) is 0 Å². The van der Waals surface area contributed by atoms with E-state index in [2.05, 4.69) is 74.8 Å². The summed E-state index contributed by atoms with van der Waals surface area (Å²) in [5.74, 6) is 0.886. The van der Waals surface area contributed by atoms with E-state index in [0.29, 0.717) is 6.04 Å². The summed E-state index contributed by atoms with van der Waals surface area (Å²) in [6.07, 6.45) is 1.08. The molecule has 0 aliphatic heterocycles. The first-order chi connectivity index (χ1) is 13.9. The van der Waals surface area contributed by atoms with E-state index in [-0.39, 0.29) is 30.1 Å². The van der Waals surface area contributed by atoms with Crippen LogP contribution in [0.5, 0.6) is 0 Å². The maximum Gasteiger partial charge on any atom is 0.193 e. The summed E-state index contributed by atoms with van der Waals surface area (Å²) >= 11 is 1.64. The number of hydrogen-bond acceptors (Lipinski definition) is 5. The maximum atomic E-state index is 5.35. The first kappa shape index (κ1) is 26.8. The van der Waals surface area contributed by atoms with Crippen LogP contribution in [0.15, 0.2) is 40.7 Å². The Bertz CT molecular complexity index is 755. The van der Waals surface area contributed by atoms with Crippen molar-refractivity contribution in [1.29, 1.82) is 0 Å². The van der Waals surface area contributed by atoms with Crippen molar-refractivity contribution in [1.82, 2.24) is 20.1 Å². The first-order valence-electron chi connectivity index (χ1n) is 10.1. The SMILES string of the molecule is CN=C(NCCC(C)N(C)Cc1ccccc1)N(C)Cc1csc(C(C)OC)n1.I. The molecule has 0 saturated carbocycles. The van der Waals surface area contributed by atoms with Crippen LogP contribution in [-0.2, 0) is 17.8 Å². The molecule has 0 saturated heterocycles. The van der Waals surface area contributed by atoms with Gasteiger partial charge in [-0.15, -0.1) is 35.3 Å². The van der Waals surface area contributed by atoms with Crippen LogP contribution < -0.4 is 5.32 Å². The molecule has 168 valence electrons. The maximum absolute atomic E-state index is 5.35. The average Bonchev–Trinajstić information content (AvgIpc) is 3.19. The van der Waals surface area contributed by atoms with Crippen LogP contribution in [0.1, 0.15) is 42.6 Å². The van der Waals surface area contributed by atoms with Crippen molar-refractivity contribution in [3.63, 3.8) is 0 Å². The third-order valence-electron chi connectivity index (χ3n) is 5.12. The lowest BCUT2D eigenvalue weighted by molar-refractivity contribution is 0.119. The Morgan fingerprint density at radius 2 is 1.90 bits per heavy atom. The fraction of sp³-hybridized carbons (Fsp3) is 0.545. The van der Waals surface area contributed by atoms with Crippen LogP contribution in [0.3, 0.4) is 0 Å². The van der Waals surface area contributed by atoms with Crippen LogP contribution in [-0.4, -0.2) is 61.6 Å². The average molecular weight is 546 g/mol. The largest absolute Gasteiger partial charge is 0.375 e. The van der Waals surface area contributed by atoms with E-state index in [0.717, 1.165) is 42.7 Å². The number of nitrogens with one attached hydrogen (secondary N) is 1. The van der Waals surface area contributed by atoms with Crippen molar-refractivity contribution in [3.8, 4) is 0 Å². The summed E-state index contributed by atoms with van der Waals surface area (Å²) < 4.78 is 5.35.